The Morgan fingerprint density at radius 2 is 2.20 bits per heavy atom. The van der Waals surface area contributed by atoms with E-state index in [4.69, 9.17) is 0 Å². The van der Waals surface area contributed by atoms with Gasteiger partial charge in [0.1, 0.15) is 10.8 Å². The van der Waals surface area contributed by atoms with Gasteiger partial charge in [0.25, 0.3) is 0 Å². The molecule has 0 aliphatic rings. The maximum Gasteiger partial charge on any atom is 0.221 e. The third kappa shape index (κ3) is 2.33. The van der Waals surface area contributed by atoms with Crippen LogP contribution in [0.1, 0.15) is 16.5 Å². The van der Waals surface area contributed by atoms with E-state index in [1.54, 1.807) is 16.0 Å². The summed E-state index contributed by atoms with van der Waals surface area (Å²) in [4.78, 5) is 8.61. The van der Waals surface area contributed by atoms with Crippen molar-refractivity contribution in [3.8, 4) is 0 Å². The zero-order valence-electron chi connectivity index (χ0n) is 8.98. The van der Waals surface area contributed by atoms with Crippen LogP contribution in [0.5, 0.6) is 0 Å². The maximum absolute atomic E-state index is 4.36. The van der Waals surface area contributed by atoms with Crippen molar-refractivity contribution in [1.82, 2.24) is 19.7 Å². The Bertz CT molecular complexity index is 459. The highest BCUT2D eigenvalue weighted by atomic mass is 32.1. The summed E-state index contributed by atoms with van der Waals surface area (Å²) in [7, 11) is 1.87. The number of rotatable bonds is 3. The van der Waals surface area contributed by atoms with E-state index in [2.05, 4.69) is 20.4 Å². The van der Waals surface area contributed by atoms with Crippen molar-refractivity contribution in [2.75, 3.05) is 5.32 Å². The zero-order valence-corrected chi connectivity index (χ0v) is 9.80. The largest absolute Gasteiger partial charge is 0.348 e. The van der Waals surface area contributed by atoms with Crippen LogP contribution in [0.3, 0.4) is 0 Å². The highest BCUT2D eigenvalue weighted by Gasteiger charge is 2.04. The van der Waals surface area contributed by atoms with Crippen molar-refractivity contribution in [2.24, 2.45) is 7.05 Å². The first-order valence-corrected chi connectivity index (χ1v) is 5.55. The van der Waals surface area contributed by atoms with Crippen molar-refractivity contribution in [3.63, 3.8) is 0 Å². The predicted molar refractivity (Wildman–Crippen MR) is 59.9 cm³/mol. The highest BCUT2D eigenvalue weighted by Crippen LogP contribution is 2.10. The maximum atomic E-state index is 4.36. The monoisotopic (exact) mass is 223 g/mol. The fraction of sp³-hybridized carbons (Fsp3) is 0.444. The number of nitrogens with one attached hydrogen (secondary N) is 1. The first-order valence-electron chi connectivity index (χ1n) is 4.67. The fourth-order valence-electron chi connectivity index (χ4n) is 1.30. The Morgan fingerprint density at radius 3 is 2.73 bits per heavy atom. The predicted octanol–water partition coefficient (Wildman–Crippen LogP) is 1.50. The molecular formula is C9H13N5S. The lowest BCUT2D eigenvalue weighted by atomic mass is 10.6. The number of hydrogen-bond donors (Lipinski definition) is 1. The molecule has 0 spiro atoms. The first kappa shape index (κ1) is 10.1. The fourth-order valence-corrected chi connectivity index (χ4v) is 2.02. The van der Waals surface area contributed by atoms with Crippen molar-refractivity contribution in [2.45, 2.75) is 20.4 Å². The third-order valence-corrected chi connectivity index (χ3v) is 2.90. The molecule has 0 aromatic carbocycles. The molecule has 2 rings (SSSR count). The summed E-state index contributed by atoms with van der Waals surface area (Å²) in [5.41, 5.74) is 1.06. The van der Waals surface area contributed by atoms with Gasteiger partial charge in [-0.3, -0.25) is 0 Å². The number of aromatic nitrogens is 4. The minimum Gasteiger partial charge on any atom is -0.348 e. The standard InChI is InChI=1S/C9H13N5S/c1-6-5-15-8(11-6)4-10-9-12-7(2)13-14(9)3/h5H,4H2,1-3H3,(H,10,12,13). The third-order valence-electron chi connectivity index (χ3n) is 1.93. The van der Waals surface area contributed by atoms with Gasteiger partial charge in [0.05, 0.1) is 6.54 Å². The van der Waals surface area contributed by atoms with E-state index < -0.39 is 0 Å². The first-order chi connectivity index (χ1) is 7.15. The second kappa shape index (κ2) is 3.98. The van der Waals surface area contributed by atoms with Gasteiger partial charge in [-0.15, -0.1) is 11.3 Å². The summed E-state index contributed by atoms with van der Waals surface area (Å²) in [6.45, 7) is 4.57. The number of thiazole rings is 1. The molecule has 0 radical (unpaired) electrons. The molecule has 15 heavy (non-hydrogen) atoms. The molecule has 0 saturated heterocycles. The minimum atomic E-state index is 0.699. The molecule has 5 nitrogen and oxygen atoms in total. The Morgan fingerprint density at radius 1 is 1.40 bits per heavy atom. The molecule has 0 amide bonds. The molecule has 2 heterocycles. The normalized spacial score (nSPS) is 10.6. The van der Waals surface area contributed by atoms with E-state index >= 15 is 0 Å². The van der Waals surface area contributed by atoms with E-state index in [-0.39, 0.29) is 0 Å². The van der Waals surface area contributed by atoms with Gasteiger partial charge >= 0.3 is 0 Å². The van der Waals surface area contributed by atoms with Gasteiger partial charge in [-0.1, -0.05) is 0 Å². The SMILES string of the molecule is Cc1csc(CNc2nc(C)nn2C)n1. The molecule has 0 unspecified atom stereocenters. The van der Waals surface area contributed by atoms with E-state index in [1.807, 2.05) is 26.3 Å². The molecular weight excluding hydrogens is 210 g/mol. The van der Waals surface area contributed by atoms with E-state index in [9.17, 15) is 0 Å². The second-order valence-electron chi connectivity index (χ2n) is 3.34. The van der Waals surface area contributed by atoms with Gasteiger partial charge in [-0.05, 0) is 13.8 Å². The molecule has 80 valence electrons. The van der Waals surface area contributed by atoms with Crippen molar-refractivity contribution < 1.29 is 0 Å². The van der Waals surface area contributed by atoms with Gasteiger partial charge in [-0.25, -0.2) is 9.67 Å². The Balaban J connectivity index is 2.01. The van der Waals surface area contributed by atoms with E-state index in [0.29, 0.717) is 6.54 Å². The van der Waals surface area contributed by atoms with E-state index in [0.717, 1.165) is 22.5 Å². The topological polar surface area (TPSA) is 55.6 Å². The Kier molecular flexibility index (Phi) is 2.68. The molecule has 0 aliphatic heterocycles. The minimum absolute atomic E-state index is 0.699. The van der Waals surface area contributed by atoms with Crippen LogP contribution in [0, 0.1) is 13.8 Å². The Labute approximate surface area is 92.2 Å². The zero-order chi connectivity index (χ0) is 10.8. The molecule has 0 aliphatic carbocycles. The lowest BCUT2D eigenvalue weighted by molar-refractivity contribution is 0.757. The summed E-state index contributed by atoms with van der Waals surface area (Å²) in [6, 6.07) is 0. The van der Waals surface area contributed by atoms with Crippen LogP contribution >= 0.6 is 11.3 Å². The lowest BCUT2D eigenvalue weighted by Crippen LogP contribution is -2.05. The smallest absolute Gasteiger partial charge is 0.221 e. The van der Waals surface area contributed by atoms with Gasteiger partial charge in [-0.2, -0.15) is 10.1 Å². The number of hydrogen-bond acceptors (Lipinski definition) is 5. The number of aryl methyl sites for hydroxylation is 3. The number of nitrogens with zero attached hydrogens (tertiary/aromatic N) is 4. The van der Waals surface area contributed by atoms with Crippen molar-refractivity contribution >= 4 is 17.3 Å². The molecule has 6 heteroatoms. The molecule has 0 atom stereocenters. The van der Waals surface area contributed by atoms with Gasteiger partial charge < -0.3 is 5.32 Å². The van der Waals surface area contributed by atoms with Crippen molar-refractivity contribution in [1.29, 1.82) is 0 Å². The van der Waals surface area contributed by atoms with Crippen LogP contribution in [0.25, 0.3) is 0 Å². The average Bonchev–Trinajstić information content (AvgIpc) is 2.70. The molecule has 2 aromatic rings. The summed E-state index contributed by atoms with van der Waals surface area (Å²) in [5.74, 6) is 1.55. The summed E-state index contributed by atoms with van der Waals surface area (Å²) >= 11 is 1.65. The number of anilines is 1. The van der Waals surface area contributed by atoms with Crippen LogP contribution in [-0.4, -0.2) is 19.7 Å². The van der Waals surface area contributed by atoms with Crippen LogP contribution in [0.15, 0.2) is 5.38 Å². The van der Waals surface area contributed by atoms with Gasteiger partial charge in [0.2, 0.25) is 5.95 Å². The quantitative estimate of drug-likeness (QED) is 0.856. The van der Waals surface area contributed by atoms with Gasteiger partial charge in [0, 0.05) is 18.1 Å². The lowest BCUT2D eigenvalue weighted by Gasteiger charge is -2.01. The van der Waals surface area contributed by atoms with Crippen LogP contribution in [-0.2, 0) is 13.6 Å². The molecule has 0 bridgehead atoms. The molecule has 0 fully saturated rings. The average molecular weight is 223 g/mol. The highest BCUT2D eigenvalue weighted by molar-refractivity contribution is 7.09. The van der Waals surface area contributed by atoms with E-state index in [1.165, 1.54) is 0 Å². The second-order valence-corrected chi connectivity index (χ2v) is 4.29. The summed E-state index contributed by atoms with van der Waals surface area (Å²) in [5, 5.41) is 10.5. The molecule has 0 saturated carbocycles. The summed E-state index contributed by atoms with van der Waals surface area (Å²) in [6.07, 6.45) is 0. The molecule has 1 N–H and O–H groups in total. The van der Waals surface area contributed by atoms with Crippen LogP contribution < -0.4 is 5.32 Å². The Hall–Kier alpha value is -1.43. The van der Waals surface area contributed by atoms with Crippen molar-refractivity contribution in [3.05, 3.63) is 21.9 Å². The summed E-state index contributed by atoms with van der Waals surface area (Å²) < 4.78 is 1.73. The van der Waals surface area contributed by atoms with Gasteiger partial charge in [0.15, 0.2) is 0 Å². The van der Waals surface area contributed by atoms with Crippen LogP contribution in [0.4, 0.5) is 5.95 Å². The van der Waals surface area contributed by atoms with Crippen LogP contribution in [0.2, 0.25) is 0 Å². The molecule has 2 aromatic heterocycles.